The van der Waals surface area contributed by atoms with E-state index < -0.39 is 17.6 Å². The molecule has 0 saturated heterocycles. The van der Waals surface area contributed by atoms with Crippen molar-refractivity contribution < 1.29 is 18.7 Å². The number of hydrogen-bond donors (Lipinski definition) is 2. The molecule has 0 spiro atoms. The highest BCUT2D eigenvalue weighted by Crippen LogP contribution is 2.31. The smallest absolute Gasteiger partial charge is 0.269 e. The van der Waals surface area contributed by atoms with Crippen LogP contribution >= 0.6 is 0 Å². The molecule has 0 radical (unpaired) electrons. The molecule has 0 aliphatic heterocycles. The maximum Gasteiger partial charge on any atom is 0.269 e. The molecule has 0 fully saturated rings. The van der Waals surface area contributed by atoms with E-state index in [0.29, 0.717) is 22.8 Å². The first-order valence-corrected chi connectivity index (χ1v) is 10.4. The number of methoxy groups -OCH3 is 1. The van der Waals surface area contributed by atoms with Gasteiger partial charge in [-0.25, -0.2) is 9.07 Å². The van der Waals surface area contributed by atoms with Crippen LogP contribution in [-0.2, 0) is 6.54 Å². The Kier molecular flexibility index (Phi) is 7.01. The quantitative estimate of drug-likeness (QED) is 0.545. The lowest BCUT2D eigenvalue weighted by molar-refractivity contribution is 0.0946. The average Bonchev–Trinajstić information content (AvgIpc) is 3.19. The number of aromatic nitrogens is 2. The number of nitrogens with two attached hydrogens (primary N) is 1. The van der Waals surface area contributed by atoms with Crippen molar-refractivity contribution in [3.63, 3.8) is 0 Å². The van der Waals surface area contributed by atoms with Crippen molar-refractivity contribution in [2.75, 3.05) is 26.1 Å². The molecule has 33 heavy (non-hydrogen) atoms. The van der Waals surface area contributed by atoms with Gasteiger partial charge in [0.25, 0.3) is 11.8 Å². The lowest BCUT2D eigenvalue weighted by Crippen LogP contribution is -2.23. The van der Waals surface area contributed by atoms with Crippen LogP contribution in [0.15, 0.2) is 42.5 Å². The maximum atomic E-state index is 13.6. The summed E-state index contributed by atoms with van der Waals surface area (Å²) in [4.78, 5) is 26.6. The highest BCUT2D eigenvalue weighted by atomic mass is 19.1. The van der Waals surface area contributed by atoms with Gasteiger partial charge in [0.15, 0.2) is 5.69 Å². The highest BCUT2D eigenvalue weighted by Gasteiger charge is 2.25. The third kappa shape index (κ3) is 4.97. The maximum absolute atomic E-state index is 13.6. The second-order valence-electron chi connectivity index (χ2n) is 8.10. The molecule has 0 aliphatic rings. The number of benzene rings is 2. The van der Waals surface area contributed by atoms with Crippen LogP contribution in [0.25, 0.3) is 5.69 Å². The molecule has 3 aromatic rings. The fourth-order valence-corrected chi connectivity index (χ4v) is 3.55. The van der Waals surface area contributed by atoms with Crippen LogP contribution in [0.3, 0.4) is 0 Å². The summed E-state index contributed by atoms with van der Waals surface area (Å²) >= 11 is 0. The number of rotatable bonds is 8. The van der Waals surface area contributed by atoms with E-state index in [1.165, 1.54) is 19.2 Å². The van der Waals surface area contributed by atoms with E-state index in [2.05, 4.69) is 10.4 Å². The Morgan fingerprint density at radius 2 is 1.85 bits per heavy atom. The topological polar surface area (TPSA) is 102 Å². The molecular formula is C24H28FN5O3. The molecule has 0 aliphatic carbocycles. The standard InChI is InChI=1S/C24H28FN5O3/c1-14(2)20-21(29(3)4)22(23(26)31)30(28-20)17-9-6-15(7-10-17)13-27-24(32)18-12-16(25)8-11-19(18)33-5/h6-12,14H,13H2,1-5H3,(H2,26,31)(H,27,32). The number of primary amides is 1. The number of hydrogen-bond acceptors (Lipinski definition) is 5. The van der Waals surface area contributed by atoms with Crippen LogP contribution in [0.1, 0.15) is 51.9 Å². The zero-order valence-electron chi connectivity index (χ0n) is 19.3. The molecule has 3 N–H and O–H groups in total. The first-order chi connectivity index (χ1) is 15.6. The molecule has 1 heterocycles. The van der Waals surface area contributed by atoms with Gasteiger partial charge in [-0.3, -0.25) is 9.59 Å². The van der Waals surface area contributed by atoms with E-state index in [1.54, 1.807) is 16.8 Å². The lowest BCUT2D eigenvalue weighted by Gasteiger charge is -2.15. The molecule has 174 valence electrons. The predicted molar refractivity (Wildman–Crippen MR) is 125 cm³/mol. The monoisotopic (exact) mass is 453 g/mol. The Morgan fingerprint density at radius 3 is 2.39 bits per heavy atom. The first kappa shape index (κ1) is 23.8. The predicted octanol–water partition coefficient (Wildman–Crippen LogP) is 3.24. The molecule has 9 heteroatoms. The van der Waals surface area contributed by atoms with Gasteiger partial charge >= 0.3 is 0 Å². The molecule has 2 aromatic carbocycles. The van der Waals surface area contributed by atoms with Crippen LogP contribution in [0.4, 0.5) is 10.1 Å². The van der Waals surface area contributed by atoms with Gasteiger partial charge in [-0.2, -0.15) is 5.10 Å². The minimum Gasteiger partial charge on any atom is -0.496 e. The highest BCUT2D eigenvalue weighted by molar-refractivity contribution is 5.98. The second kappa shape index (κ2) is 9.72. The SMILES string of the molecule is COc1ccc(F)cc1C(=O)NCc1ccc(-n2nc(C(C)C)c(N(C)C)c2C(N)=O)cc1. The van der Waals surface area contributed by atoms with Gasteiger partial charge in [0.2, 0.25) is 0 Å². The summed E-state index contributed by atoms with van der Waals surface area (Å²) in [6.45, 7) is 4.23. The number of carbonyl (C=O) groups is 2. The Morgan fingerprint density at radius 1 is 1.18 bits per heavy atom. The largest absolute Gasteiger partial charge is 0.496 e. The van der Waals surface area contributed by atoms with Crippen molar-refractivity contribution in [1.29, 1.82) is 0 Å². The van der Waals surface area contributed by atoms with E-state index in [1.807, 2.05) is 45.0 Å². The summed E-state index contributed by atoms with van der Waals surface area (Å²) in [6, 6.07) is 11.0. The third-order valence-corrected chi connectivity index (χ3v) is 5.15. The zero-order valence-corrected chi connectivity index (χ0v) is 19.3. The summed E-state index contributed by atoms with van der Waals surface area (Å²) in [5.74, 6) is -1.16. The van der Waals surface area contributed by atoms with Crippen molar-refractivity contribution >= 4 is 17.5 Å². The Labute approximate surface area is 192 Å². The molecule has 1 aromatic heterocycles. The lowest BCUT2D eigenvalue weighted by atomic mass is 10.1. The van der Waals surface area contributed by atoms with E-state index in [4.69, 9.17) is 10.5 Å². The van der Waals surface area contributed by atoms with Gasteiger partial charge < -0.3 is 20.7 Å². The van der Waals surface area contributed by atoms with Crippen LogP contribution in [-0.4, -0.2) is 42.8 Å². The molecule has 0 atom stereocenters. The van der Waals surface area contributed by atoms with Crippen molar-refractivity contribution in [1.82, 2.24) is 15.1 Å². The van der Waals surface area contributed by atoms with E-state index in [9.17, 15) is 14.0 Å². The molecule has 3 rings (SSSR count). The molecule has 0 saturated carbocycles. The normalized spacial score (nSPS) is 10.9. The van der Waals surface area contributed by atoms with Crippen LogP contribution in [0.2, 0.25) is 0 Å². The molecule has 0 bridgehead atoms. The number of nitrogens with zero attached hydrogens (tertiary/aromatic N) is 3. The average molecular weight is 454 g/mol. The van der Waals surface area contributed by atoms with Crippen molar-refractivity contribution in [2.24, 2.45) is 5.73 Å². The Bertz CT molecular complexity index is 1170. The molecule has 8 nitrogen and oxygen atoms in total. The Hall–Kier alpha value is -3.88. The number of carbonyl (C=O) groups excluding carboxylic acids is 2. The third-order valence-electron chi connectivity index (χ3n) is 5.15. The molecular weight excluding hydrogens is 425 g/mol. The fraction of sp³-hybridized carbons (Fsp3) is 0.292. The zero-order chi connectivity index (χ0) is 24.3. The number of anilines is 1. The van der Waals surface area contributed by atoms with Gasteiger partial charge in [-0.15, -0.1) is 0 Å². The second-order valence-corrected chi connectivity index (χ2v) is 8.10. The molecule has 2 amide bonds. The summed E-state index contributed by atoms with van der Waals surface area (Å²) < 4.78 is 20.2. The minimum atomic E-state index is -0.571. The number of nitrogens with one attached hydrogen (secondary N) is 1. The van der Waals surface area contributed by atoms with Gasteiger partial charge in [0.1, 0.15) is 11.6 Å². The van der Waals surface area contributed by atoms with Crippen LogP contribution in [0, 0.1) is 5.82 Å². The van der Waals surface area contributed by atoms with Crippen molar-refractivity contribution in [3.8, 4) is 11.4 Å². The fourth-order valence-electron chi connectivity index (χ4n) is 3.55. The van der Waals surface area contributed by atoms with E-state index >= 15 is 0 Å². The van der Waals surface area contributed by atoms with Gasteiger partial charge in [-0.1, -0.05) is 26.0 Å². The Balaban J connectivity index is 1.84. The molecule has 0 unspecified atom stereocenters. The van der Waals surface area contributed by atoms with Gasteiger partial charge in [0, 0.05) is 20.6 Å². The van der Waals surface area contributed by atoms with Crippen LogP contribution in [0.5, 0.6) is 5.75 Å². The number of halogens is 1. The van der Waals surface area contributed by atoms with Crippen LogP contribution < -0.4 is 20.7 Å². The summed E-state index contributed by atoms with van der Waals surface area (Å²) in [5.41, 5.74) is 9.07. The van der Waals surface area contributed by atoms with Gasteiger partial charge in [-0.05, 0) is 41.8 Å². The number of ether oxygens (including phenoxy) is 1. The van der Waals surface area contributed by atoms with Crippen molar-refractivity contribution in [2.45, 2.75) is 26.3 Å². The van der Waals surface area contributed by atoms with Crippen molar-refractivity contribution in [3.05, 3.63) is 70.8 Å². The summed E-state index contributed by atoms with van der Waals surface area (Å²) in [7, 11) is 5.11. The number of amides is 2. The summed E-state index contributed by atoms with van der Waals surface area (Å²) in [6.07, 6.45) is 0. The summed E-state index contributed by atoms with van der Waals surface area (Å²) in [5, 5.41) is 7.41. The van der Waals surface area contributed by atoms with E-state index in [-0.39, 0.29) is 18.0 Å². The van der Waals surface area contributed by atoms with Gasteiger partial charge in [0.05, 0.1) is 29.7 Å². The first-order valence-electron chi connectivity index (χ1n) is 10.4. The van der Waals surface area contributed by atoms with E-state index in [0.717, 1.165) is 17.3 Å². The minimum absolute atomic E-state index is 0.0936.